The number of thiazole rings is 1. The molecule has 0 aromatic carbocycles. The van der Waals surface area contributed by atoms with Crippen LogP contribution in [0.15, 0.2) is 6.20 Å². The Morgan fingerprint density at radius 3 is 3.21 bits per heavy atom. The Morgan fingerprint density at radius 1 is 1.79 bits per heavy atom. The van der Waals surface area contributed by atoms with Crippen LogP contribution in [0.25, 0.3) is 0 Å². The van der Waals surface area contributed by atoms with E-state index in [2.05, 4.69) is 21.5 Å². The molecule has 0 fully saturated rings. The summed E-state index contributed by atoms with van der Waals surface area (Å²) in [6, 6.07) is 0. The Morgan fingerprint density at radius 2 is 2.57 bits per heavy atom. The fraction of sp³-hybridized carbons (Fsp3) is 0.375. The van der Waals surface area contributed by atoms with Gasteiger partial charge < -0.3 is 5.11 Å². The molecule has 0 aliphatic rings. The van der Waals surface area contributed by atoms with Gasteiger partial charge in [0, 0.05) is 12.7 Å². The van der Waals surface area contributed by atoms with Crippen LogP contribution in [-0.2, 0) is 11.0 Å². The third kappa shape index (κ3) is 3.87. The zero-order chi connectivity index (χ0) is 10.4. The van der Waals surface area contributed by atoms with Crippen molar-refractivity contribution in [3.05, 3.63) is 11.1 Å². The van der Waals surface area contributed by atoms with Crippen LogP contribution in [0.3, 0.4) is 0 Å². The number of nitrogens with zero attached hydrogens (tertiary/aromatic N) is 1. The Bertz CT molecular complexity index is 378. The van der Waals surface area contributed by atoms with Gasteiger partial charge in [-0.3, -0.25) is 4.72 Å². The van der Waals surface area contributed by atoms with Crippen molar-refractivity contribution < 1.29 is 9.32 Å². The molecule has 0 saturated heterocycles. The van der Waals surface area contributed by atoms with E-state index in [1.165, 1.54) is 11.3 Å². The predicted octanol–water partition coefficient (Wildman–Crippen LogP) is 0.582. The highest BCUT2D eigenvalue weighted by atomic mass is 32.2. The topological polar surface area (TPSA) is 62.2 Å². The molecule has 0 spiro atoms. The largest absolute Gasteiger partial charge is 0.395 e. The minimum absolute atomic E-state index is 0.0654. The van der Waals surface area contributed by atoms with Crippen LogP contribution in [0.2, 0.25) is 0 Å². The molecular weight excluding hydrogens is 220 g/mol. The first-order valence-electron chi connectivity index (χ1n) is 3.88. The van der Waals surface area contributed by atoms with Crippen molar-refractivity contribution in [3.63, 3.8) is 0 Å². The van der Waals surface area contributed by atoms with Gasteiger partial charge in [-0.25, -0.2) is 9.19 Å². The lowest BCUT2D eigenvalue weighted by atomic mass is 10.4. The van der Waals surface area contributed by atoms with E-state index in [9.17, 15) is 4.21 Å². The van der Waals surface area contributed by atoms with Crippen LogP contribution in [0.5, 0.6) is 0 Å². The highest BCUT2D eigenvalue weighted by Gasteiger charge is 1.99. The van der Waals surface area contributed by atoms with Gasteiger partial charge in [0.25, 0.3) is 0 Å². The van der Waals surface area contributed by atoms with E-state index in [1.54, 1.807) is 12.5 Å². The predicted molar refractivity (Wildman–Crippen MR) is 58.4 cm³/mol. The number of rotatable bonds is 3. The molecule has 1 unspecified atom stereocenters. The number of hydrogen-bond acceptors (Lipinski definition) is 4. The average molecular weight is 230 g/mol. The molecule has 0 amide bonds. The first-order valence-corrected chi connectivity index (χ1v) is 6.25. The highest BCUT2D eigenvalue weighted by Crippen LogP contribution is 2.16. The molecule has 1 rings (SSSR count). The van der Waals surface area contributed by atoms with E-state index in [-0.39, 0.29) is 6.61 Å². The summed E-state index contributed by atoms with van der Waals surface area (Å²) in [6.45, 7) is 0.0654. The first kappa shape index (κ1) is 11.2. The smallest absolute Gasteiger partial charge is 0.195 e. The summed E-state index contributed by atoms with van der Waals surface area (Å²) in [7, 11) is -1.10. The molecule has 1 aromatic heterocycles. The second kappa shape index (κ2) is 5.75. The molecule has 1 atom stereocenters. The fourth-order valence-corrected chi connectivity index (χ4v) is 2.07. The number of aliphatic hydroxyl groups is 1. The summed E-state index contributed by atoms with van der Waals surface area (Å²) < 4.78 is 13.5. The van der Waals surface area contributed by atoms with Gasteiger partial charge in [-0.2, -0.15) is 0 Å². The number of anilines is 1. The van der Waals surface area contributed by atoms with Crippen molar-refractivity contribution >= 4 is 27.5 Å². The number of aliphatic hydroxyl groups excluding tert-OH is 1. The molecule has 6 heteroatoms. The summed E-state index contributed by atoms with van der Waals surface area (Å²) in [5.74, 6) is 5.63. The maximum absolute atomic E-state index is 10.8. The summed E-state index contributed by atoms with van der Waals surface area (Å²) in [4.78, 5) is 4.78. The lowest BCUT2D eigenvalue weighted by Gasteiger charge is -1.92. The monoisotopic (exact) mass is 230 g/mol. The highest BCUT2D eigenvalue weighted by molar-refractivity contribution is 7.85. The summed E-state index contributed by atoms with van der Waals surface area (Å²) in [5, 5.41) is 9.10. The zero-order valence-corrected chi connectivity index (χ0v) is 9.24. The second-order valence-electron chi connectivity index (χ2n) is 2.36. The molecule has 1 heterocycles. The van der Waals surface area contributed by atoms with E-state index < -0.39 is 11.0 Å². The summed E-state index contributed by atoms with van der Waals surface area (Å²) in [5.41, 5.74) is 0. The van der Waals surface area contributed by atoms with E-state index in [4.69, 9.17) is 5.11 Å². The van der Waals surface area contributed by atoms with Gasteiger partial charge in [0.1, 0.15) is 11.0 Å². The van der Waals surface area contributed by atoms with E-state index in [1.807, 2.05) is 0 Å². The van der Waals surface area contributed by atoms with Gasteiger partial charge in [0.2, 0.25) is 0 Å². The lowest BCUT2D eigenvalue weighted by molar-refractivity contribution is 0.305. The maximum Gasteiger partial charge on any atom is 0.195 e. The van der Waals surface area contributed by atoms with E-state index in [0.29, 0.717) is 11.6 Å². The third-order valence-electron chi connectivity index (χ3n) is 1.19. The van der Waals surface area contributed by atoms with Gasteiger partial charge in [0.05, 0.1) is 17.7 Å². The zero-order valence-electron chi connectivity index (χ0n) is 7.61. The molecular formula is C8H10N2O2S2. The second-order valence-corrected chi connectivity index (χ2v) is 4.50. The normalized spacial score (nSPS) is 11.6. The van der Waals surface area contributed by atoms with Gasteiger partial charge in [-0.05, 0) is 0 Å². The third-order valence-corrected chi connectivity index (χ3v) is 2.62. The number of hydrogen-bond donors (Lipinski definition) is 2. The molecule has 14 heavy (non-hydrogen) atoms. The minimum atomic E-state index is -1.10. The minimum Gasteiger partial charge on any atom is -0.395 e. The van der Waals surface area contributed by atoms with Gasteiger partial charge in [0.15, 0.2) is 5.13 Å². The van der Waals surface area contributed by atoms with Crippen molar-refractivity contribution in [2.45, 2.75) is 6.42 Å². The molecule has 0 aliphatic heterocycles. The molecule has 0 aliphatic carbocycles. The SMILES string of the molecule is CS(=O)Nc1ncc(C#CCCO)s1. The molecule has 0 bridgehead atoms. The van der Waals surface area contributed by atoms with Crippen LogP contribution in [-0.4, -0.2) is 27.2 Å². The molecule has 1 aromatic rings. The molecule has 0 saturated carbocycles. The van der Waals surface area contributed by atoms with Crippen LogP contribution >= 0.6 is 11.3 Å². The van der Waals surface area contributed by atoms with Crippen LogP contribution in [0.4, 0.5) is 5.13 Å². The van der Waals surface area contributed by atoms with E-state index >= 15 is 0 Å². The number of aromatic nitrogens is 1. The Hall–Kier alpha value is -0.900. The van der Waals surface area contributed by atoms with Crippen molar-refractivity contribution in [1.82, 2.24) is 4.98 Å². The van der Waals surface area contributed by atoms with Gasteiger partial charge in [-0.15, -0.1) is 0 Å². The molecule has 0 radical (unpaired) electrons. The van der Waals surface area contributed by atoms with Crippen LogP contribution < -0.4 is 4.72 Å². The Kier molecular flexibility index (Phi) is 4.59. The van der Waals surface area contributed by atoms with Crippen LogP contribution in [0.1, 0.15) is 11.3 Å². The fourth-order valence-electron chi connectivity index (χ4n) is 0.708. The van der Waals surface area contributed by atoms with Gasteiger partial charge >= 0.3 is 0 Å². The summed E-state index contributed by atoms with van der Waals surface area (Å²) >= 11 is 1.34. The van der Waals surface area contributed by atoms with Gasteiger partial charge in [-0.1, -0.05) is 23.2 Å². The average Bonchev–Trinajstić information content (AvgIpc) is 2.52. The lowest BCUT2D eigenvalue weighted by Crippen LogP contribution is -1.99. The van der Waals surface area contributed by atoms with Crippen LogP contribution in [0, 0.1) is 11.8 Å². The first-order chi connectivity index (χ1) is 6.72. The Balaban J connectivity index is 2.60. The van der Waals surface area contributed by atoms with Crippen molar-refractivity contribution in [2.24, 2.45) is 0 Å². The van der Waals surface area contributed by atoms with E-state index in [0.717, 1.165) is 4.88 Å². The Labute approximate surface area is 89.0 Å². The van der Waals surface area contributed by atoms with Crippen molar-refractivity contribution in [2.75, 3.05) is 17.6 Å². The van der Waals surface area contributed by atoms with Crippen molar-refractivity contribution in [1.29, 1.82) is 0 Å². The standard InChI is InChI=1S/C8H10N2O2S2/c1-14(12)10-8-9-6-7(13-8)4-2-3-5-11/h6,11H,3,5H2,1H3,(H,9,10). The maximum atomic E-state index is 10.8. The molecule has 4 nitrogen and oxygen atoms in total. The van der Waals surface area contributed by atoms with Crippen molar-refractivity contribution in [3.8, 4) is 11.8 Å². The summed E-state index contributed by atoms with van der Waals surface area (Å²) in [6.07, 6.45) is 3.61. The molecule has 76 valence electrons. The quantitative estimate of drug-likeness (QED) is 0.747. The molecule has 2 N–H and O–H groups in total. The number of nitrogens with one attached hydrogen (secondary N) is 1.